The first-order valence-electron chi connectivity index (χ1n) is 10.6. The Morgan fingerprint density at radius 1 is 1.25 bits per heavy atom. The number of nitrogens with zero attached hydrogens (tertiary/aromatic N) is 3. The molecule has 0 amide bonds. The van der Waals surface area contributed by atoms with Crippen molar-refractivity contribution in [3.8, 4) is 0 Å². The Bertz CT molecular complexity index is 551. The van der Waals surface area contributed by atoms with Crippen molar-refractivity contribution in [3.05, 3.63) is 35.9 Å². The molecule has 0 aliphatic carbocycles. The van der Waals surface area contributed by atoms with Gasteiger partial charge in [-0.15, -0.1) is 24.0 Å². The van der Waals surface area contributed by atoms with Gasteiger partial charge in [0, 0.05) is 31.6 Å². The van der Waals surface area contributed by atoms with Crippen LogP contribution in [0.2, 0.25) is 0 Å². The lowest BCUT2D eigenvalue weighted by Crippen LogP contribution is -2.42. The van der Waals surface area contributed by atoms with E-state index >= 15 is 0 Å². The van der Waals surface area contributed by atoms with Crippen LogP contribution >= 0.6 is 24.0 Å². The lowest BCUT2D eigenvalue weighted by Gasteiger charge is -2.26. The van der Waals surface area contributed by atoms with E-state index in [9.17, 15) is 0 Å². The number of hydrogen-bond donors (Lipinski definition) is 1. The summed E-state index contributed by atoms with van der Waals surface area (Å²) in [5.41, 5.74) is 1.24. The van der Waals surface area contributed by atoms with Gasteiger partial charge in [0.15, 0.2) is 5.96 Å². The van der Waals surface area contributed by atoms with E-state index in [0.29, 0.717) is 18.6 Å². The highest BCUT2D eigenvalue weighted by Gasteiger charge is 2.25. The summed E-state index contributed by atoms with van der Waals surface area (Å²) in [6.45, 7) is 16.4. The fraction of sp³-hybridized carbons (Fsp3) is 0.682. The number of nitrogens with one attached hydrogen (secondary N) is 1. The van der Waals surface area contributed by atoms with Crippen LogP contribution < -0.4 is 5.32 Å². The number of halogens is 1. The molecule has 2 atom stereocenters. The summed E-state index contributed by atoms with van der Waals surface area (Å²) in [4.78, 5) is 9.78. The third-order valence-corrected chi connectivity index (χ3v) is 5.33. The van der Waals surface area contributed by atoms with Gasteiger partial charge < -0.3 is 15.0 Å². The third kappa shape index (κ3) is 8.25. The molecular formula is C22H39IN4O. The molecule has 1 fully saturated rings. The predicted molar refractivity (Wildman–Crippen MR) is 130 cm³/mol. The minimum absolute atomic E-state index is 0. The average molecular weight is 502 g/mol. The van der Waals surface area contributed by atoms with E-state index in [0.717, 1.165) is 51.8 Å². The summed E-state index contributed by atoms with van der Waals surface area (Å²) < 4.78 is 5.96. The molecular weight excluding hydrogens is 463 g/mol. The van der Waals surface area contributed by atoms with Crippen molar-refractivity contribution in [2.24, 2.45) is 10.9 Å². The highest BCUT2D eigenvalue weighted by atomic mass is 127. The molecule has 6 heteroatoms. The normalized spacial score (nSPS) is 18.2. The zero-order chi connectivity index (χ0) is 19.5. The van der Waals surface area contributed by atoms with Crippen molar-refractivity contribution in [1.82, 2.24) is 15.1 Å². The molecule has 0 saturated carbocycles. The summed E-state index contributed by atoms with van der Waals surface area (Å²) in [5, 5.41) is 3.47. The zero-order valence-electron chi connectivity index (χ0n) is 18.1. The molecule has 1 aromatic carbocycles. The van der Waals surface area contributed by atoms with Crippen LogP contribution in [0.25, 0.3) is 0 Å². The number of hydrogen-bond acceptors (Lipinski definition) is 3. The largest absolute Gasteiger partial charge is 0.376 e. The molecule has 160 valence electrons. The molecule has 0 aromatic heterocycles. The maximum atomic E-state index is 5.96. The highest BCUT2D eigenvalue weighted by Crippen LogP contribution is 2.17. The minimum Gasteiger partial charge on any atom is -0.376 e. The molecule has 1 aliphatic heterocycles. The van der Waals surface area contributed by atoms with Crippen LogP contribution in [0.3, 0.4) is 0 Å². The smallest absolute Gasteiger partial charge is 0.193 e. The second-order valence-corrected chi connectivity index (χ2v) is 7.37. The van der Waals surface area contributed by atoms with Gasteiger partial charge >= 0.3 is 0 Å². The average Bonchev–Trinajstić information content (AvgIpc) is 3.15. The summed E-state index contributed by atoms with van der Waals surface area (Å²) in [6.07, 6.45) is 1.17. The Morgan fingerprint density at radius 2 is 1.96 bits per heavy atom. The Kier molecular flexibility index (Phi) is 12.7. The second-order valence-electron chi connectivity index (χ2n) is 7.37. The maximum absolute atomic E-state index is 5.96. The first kappa shape index (κ1) is 25.2. The number of benzene rings is 1. The van der Waals surface area contributed by atoms with E-state index in [4.69, 9.17) is 9.73 Å². The van der Waals surface area contributed by atoms with E-state index in [1.54, 1.807) is 0 Å². The number of rotatable bonds is 10. The van der Waals surface area contributed by atoms with Gasteiger partial charge in [-0.25, -0.2) is 0 Å². The summed E-state index contributed by atoms with van der Waals surface area (Å²) in [6, 6.07) is 10.9. The molecule has 0 spiro atoms. The van der Waals surface area contributed by atoms with Crippen molar-refractivity contribution in [2.75, 3.05) is 45.9 Å². The van der Waals surface area contributed by atoms with Gasteiger partial charge in [0.1, 0.15) is 0 Å². The summed E-state index contributed by atoms with van der Waals surface area (Å²) in [5.74, 6) is 1.64. The van der Waals surface area contributed by atoms with Crippen LogP contribution in [0.1, 0.15) is 39.7 Å². The Morgan fingerprint density at radius 3 is 2.61 bits per heavy atom. The number of likely N-dealkylation sites (tertiary alicyclic amines) is 1. The summed E-state index contributed by atoms with van der Waals surface area (Å²) >= 11 is 0. The minimum atomic E-state index is 0. The van der Waals surface area contributed by atoms with Gasteiger partial charge in [-0.05, 0) is 38.9 Å². The van der Waals surface area contributed by atoms with Crippen LogP contribution in [0, 0.1) is 5.92 Å². The molecule has 2 rings (SSSR count). The quantitative estimate of drug-likeness (QED) is 0.300. The number of guanidine groups is 1. The number of ether oxygens (including phenoxy) is 1. The van der Waals surface area contributed by atoms with Crippen LogP contribution in [-0.4, -0.2) is 67.7 Å². The molecule has 1 saturated heterocycles. The van der Waals surface area contributed by atoms with Crippen molar-refractivity contribution in [2.45, 2.75) is 46.8 Å². The molecule has 1 aliphatic rings. The van der Waals surface area contributed by atoms with Crippen LogP contribution in [0.5, 0.6) is 0 Å². The van der Waals surface area contributed by atoms with Crippen LogP contribution in [-0.2, 0) is 11.3 Å². The van der Waals surface area contributed by atoms with E-state index in [1.165, 1.54) is 12.0 Å². The third-order valence-electron chi connectivity index (χ3n) is 5.33. The van der Waals surface area contributed by atoms with E-state index in [-0.39, 0.29) is 24.0 Å². The van der Waals surface area contributed by atoms with Gasteiger partial charge in [0.25, 0.3) is 0 Å². The van der Waals surface area contributed by atoms with Crippen LogP contribution in [0.4, 0.5) is 0 Å². The van der Waals surface area contributed by atoms with E-state index < -0.39 is 0 Å². The van der Waals surface area contributed by atoms with Crippen molar-refractivity contribution in [3.63, 3.8) is 0 Å². The van der Waals surface area contributed by atoms with Crippen molar-refractivity contribution in [1.29, 1.82) is 0 Å². The lowest BCUT2D eigenvalue weighted by atomic mass is 10.1. The van der Waals surface area contributed by atoms with E-state index in [1.807, 2.05) is 6.07 Å². The van der Waals surface area contributed by atoms with Gasteiger partial charge in [-0.1, -0.05) is 44.2 Å². The van der Waals surface area contributed by atoms with Gasteiger partial charge in [-0.2, -0.15) is 0 Å². The molecule has 28 heavy (non-hydrogen) atoms. The molecule has 1 heterocycles. The second kappa shape index (κ2) is 14.2. The van der Waals surface area contributed by atoms with Crippen molar-refractivity contribution >= 4 is 29.9 Å². The van der Waals surface area contributed by atoms with Crippen molar-refractivity contribution < 1.29 is 4.74 Å². The lowest BCUT2D eigenvalue weighted by molar-refractivity contribution is 0.0906. The van der Waals surface area contributed by atoms with Gasteiger partial charge in [0.05, 0.1) is 19.8 Å². The highest BCUT2D eigenvalue weighted by molar-refractivity contribution is 14.0. The zero-order valence-corrected chi connectivity index (χ0v) is 20.4. The van der Waals surface area contributed by atoms with Gasteiger partial charge in [-0.3, -0.25) is 9.89 Å². The van der Waals surface area contributed by atoms with Crippen LogP contribution in [0.15, 0.2) is 35.3 Å². The Labute approximate surface area is 188 Å². The molecule has 5 nitrogen and oxygen atoms in total. The first-order chi connectivity index (χ1) is 13.2. The maximum Gasteiger partial charge on any atom is 0.193 e. The standard InChI is InChI=1S/C22H38N4O.HI/c1-5-23-22(24-15-19(4)25(6-2)7-3)26-14-13-21(16-26)18-27-17-20-11-9-8-10-12-20;/h8-12,19,21H,5-7,13-18H2,1-4H3,(H,23,24);1H. The monoisotopic (exact) mass is 502 g/mol. The Balaban J connectivity index is 0.00000392. The topological polar surface area (TPSA) is 40.1 Å². The first-order valence-corrected chi connectivity index (χ1v) is 10.6. The molecule has 0 radical (unpaired) electrons. The molecule has 0 bridgehead atoms. The van der Waals surface area contributed by atoms with E-state index in [2.05, 4.69) is 67.1 Å². The molecule has 2 unspecified atom stereocenters. The number of aliphatic imine (C=N–C) groups is 1. The number of likely N-dealkylation sites (N-methyl/N-ethyl adjacent to an activating group) is 1. The fourth-order valence-electron chi connectivity index (χ4n) is 3.69. The molecule has 1 aromatic rings. The predicted octanol–water partition coefficient (Wildman–Crippen LogP) is 3.84. The molecule has 1 N–H and O–H groups in total. The Hall–Kier alpha value is -0.860. The SMILES string of the molecule is CCNC(=NCC(C)N(CC)CC)N1CCC(COCc2ccccc2)C1.I. The van der Waals surface area contributed by atoms with Gasteiger partial charge in [0.2, 0.25) is 0 Å². The fourth-order valence-corrected chi connectivity index (χ4v) is 3.69. The summed E-state index contributed by atoms with van der Waals surface area (Å²) in [7, 11) is 0.